The van der Waals surface area contributed by atoms with Crippen LogP contribution in [-0.2, 0) is 0 Å². The zero-order valence-electron chi connectivity index (χ0n) is 6.14. The van der Waals surface area contributed by atoms with Crippen molar-refractivity contribution in [2.75, 3.05) is 0 Å². The lowest BCUT2D eigenvalue weighted by Gasteiger charge is -2.27. The SMILES string of the molecule is CC(C)(N)[C@H](O)C(F)(F)F.Cl. The molecule has 0 aromatic heterocycles. The summed E-state index contributed by atoms with van der Waals surface area (Å²) in [6, 6.07) is 0. The molecule has 0 aliphatic rings. The van der Waals surface area contributed by atoms with Crippen LogP contribution >= 0.6 is 12.4 Å². The minimum absolute atomic E-state index is 0. The second kappa shape index (κ2) is 3.60. The van der Waals surface area contributed by atoms with E-state index in [1.807, 2.05) is 0 Å². The molecule has 0 unspecified atom stereocenters. The van der Waals surface area contributed by atoms with Crippen molar-refractivity contribution < 1.29 is 18.3 Å². The Kier molecular flexibility index (Phi) is 4.44. The van der Waals surface area contributed by atoms with Gasteiger partial charge in [0.2, 0.25) is 0 Å². The molecular weight excluding hydrogens is 183 g/mol. The zero-order valence-corrected chi connectivity index (χ0v) is 6.96. The molecule has 3 N–H and O–H groups in total. The molecule has 0 aromatic rings. The molecule has 6 heteroatoms. The molecule has 0 aromatic carbocycles. The highest BCUT2D eigenvalue weighted by molar-refractivity contribution is 5.85. The van der Waals surface area contributed by atoms with E-state index in [2.05, 4.69) is 0 Å². The third kappa shape index (κ3) is 4.44. The van der Waals surface area contributed by atoms with Gasteiger partial charge in [-0.25, -0.2) is 0 Å². The number of alkyl halides is 3. The van der Waals surface area contributed by atoms with Crippen LogP contribution in [0.3, 0.4) is 0 Å². The van der Waals surface area contributed by atoms with Crippen molar-refractivity contribution in [1.29, 1.82) is 0 Å². The predicted octanol–water partition coefficient (Wildman–Crippen LogP) is 1.07. The van der Waals surface area contributed by atoms with Gasteiger partial charge in [0.1, 0.15) is 0 Å². The number of rotatable bonds is 1. The summed E-state index contributed by atoms with van der Waals surface area (Å²) in [6.07, 6.45) is -7.09. The maximum atomic E-state index is 11.6. The molecule has 1 atom stereocenters. The number of aliphatic hydroxyl groups is 1. The van der Waals surface area contributed by atoms with Gasteiger partial charge in [-0.15, -0.1) is 12.4 Å². The number of halogens is 4. The smallest absolute Gasteiger partial charge is 0.382 e. The second-order valence-corrected chi connectivity index (χ2v) is 2.77. The Morgan fingerprint density at radius 1 is 1.27 bits per heavy atom. The van der Waals surface area contributed by atoms with Gasteiger partial charge in [-0.05, 0) is 13.8 Å². The first-order valence-electron chi connectivity index (χ1n) is 2.69. The van der Waals surface area contributed by atoms with Crippen molar-refractivity contribution in [2.45, 2.75) is 31.7 Å². The van der Waals surface area contributed by atoms with Gasteiger partial charge in [0.25, 0.3) is 0 Å². The van der Waals surface area contributed by atoms with E-state index in [1.165, 1.54) is 0 Å². The average Bonchev–Trinajstić information content (AvgIpc) is 1.59. The Morgan fingerprint density at radius 3 is 1.55 bits per heavy atom. The summed E-state index contributed by atoms with van der Waals surface area (Å²) >= 11 is 0. The molecule has 0 saturated heterocycles. The highest BCUT2D eigenvalue weighted by atomic mass is 35.5. The van der Waals surface area contributed by atoms with Crippen molar-refractivity contribution in [3.63, 3.8) is 0 Å². The molecule has 0 amide bonds. The van der Waals surface area contributed by atoms with Crippen LogP contribution in [0.1, 0.15) is 13.8 Å². The van der Waals surface area contributed by atoms with E-state index >= 15 is 0 Å². The van der Waals surface area contributed by atoms with Crippen LogP contribution in [0.5, 0.6) is 0 Å². The molecule has 0 aliphatic heterocycles. The standard InChI is InChI=1S/C5H10F3NO.ClH/c1-4(2,9)3(10)5(6,7)8;/h3,10H,9H2,1-2H3;1H/t3-;/m0./s1. The van der Waals surface area contributed by atoms with Crippen LogP contribution in [0.25, 0.3) is 0 Å². The number of aliphatic hydroxyl groups excluding tert-OH is 1. The minimum atomic E-state index is -4.63. The van der Waals surface area contributed by atoms with Gasteiger partial charge >= 0.3 is 6.18 Å². The Morgan fingerprint density at radius 2 is 1.55 bits per heavy atom. The molecule has 11 heavy (non-hydrogen) atoms. The zero-order chi connectivity index (χ0) is 8.58. The molecule has 0 spiro atoms. The van der Waals surface area contributed by atoms with E-state index in [4.69, 9.17) is 10.8 Å². The van der Waals surface area contributed by atoms with Gasteiger partial charge in [-0.1, -0.05) is 0 Å². The molecule has 0 rings (SSSR count). The van der Waals surface area contributed by atoms with Crippen molar-refractivity contribution in [2.24, 2.45) is 5.73 Å². The van der Waals surface area contributed by atoms with Crippen molar-refractivity contribution in [3.05, 3.63) is 0 Å². The molecule has 0 heterocycles. The van der Waals surface area contributed by atoms with Crippen molar-refractivity contribution in [3.8, 4) is 0 Å². The number of hydrogen-bond donors (Lipinski definition) is 2. The van der Waals surface area contributed by atoms with Crippen LogP contribution in [0, 0.1) is 0 Å². The normalized spacial score (nSPS) is 15.5. The molecular formula is C5H11ClF3NO. The summed E-state index contributed by atoms with van der Waals surface area (Å²) in [5.41, 5.74) is 3.37. The van der Waals surface area contributed by atoms with Crippen LogP contribution in [0.15, 0.2) is 0 Å². The van der Waals surface area contributed by atoms with Gasteiger partial charge in [0.15, 0.2) is 6.10 Å². The molecule has 0 saturated carbocycles. The lowest BCUT2D eigenvalue weighted by molar-refractivity contribution is -0.219. The van der Waals surface area contributed by atoms with Gasteiger partial charge in [-0.3, -0.25) is 0 Å². The maximum Gasteiger partial charge on any atom is 0.416 e. The fourth-order valence-corrected chi connectivity index (χ4v) is 0.422. The summed E-state index contributed by atoms with van der Waals surface area (Å²) in [7, 11) is 0. The Labute approximate surface area is 69.0 Å². The summed E-state index contributed by atoms with van der Waals surface area (Å²) < 4.78 is 34.8. The molecule has 0 bridgehead atoms. The predicted molar refractivity (Wildman–Crippen MR) is 37.6 cm³/mol. The summed E-state index contributed by atoms with van der Waals surface area (Å²) in [6.45, 7) is 2.23. The Bertz CT molecular complexity index is 106. The third-order valence-corrected chi connectivity index (χ3v) is 1.01. The van der Waals surface area contributed by atoms with E-state index < -0.39 is 17.8 Å². The first-order valence-corrected chi connectivity index (χ1v) is 2.69. The largest absolute Gasteiger partial charge is 0.416 e. The summed E-state index contributed by atoms with van der Waals surface area (Å²) in [4.78, 5) is 0. The van der Waals surface area contributed by atoms with Gasteiger partial charge in [-0.2, -0.15) is 13.2 Å². The molecule has 0 radical (unpaired) electrons. The average molecular weight is 194 g/mol. The van der Waals surface area contributed by atoms with E-state index in [-0.39, 0.29) is 12.4 Å². The van der Waals surface area contributed by atoms with Gasteiger partial charge in [0, 0.05) is 5.54 Å². The van der Waals surface area contributed by atoms with Crippen LogP contribution in [0.2, 0.25) is 0 Å². The summed E-state index contributed by atoms with van der Waals surface area (Å²) in [5, 5.41) is 8.47. The van der Waals surface area contributed by atoms with E-state index in [9.17, 15) is 13.2 Å². The second-order valence-electron chi connectivity index (χ2n) is 2.77. The monoisotopic (exact) mass is 193 g/mol. The first-order chi connectivity index (χ1) is 4.15. The lowest BCUT2D eigenvalue weighted by atomic mass is 9.99. The van der Waals surface area contributed by atoms with E-state index in [1.54, 1.807) is 0 Å². The minimum Gasteiger partial charge on any atom is -0.382 e. The highest BCUT2D eigenvalue weighted by Gasteiger charge is 2.45. The number of nitrogens with two attached hydrogens (primary N) is 1. The Balaban J connectivity index is 0. The molecule has 70 valence electrons. The van der Waals surface area contributed by atoms with Gasteiger partial charge < -0.3 is 10.8 Å². The fourth-order valence-electron chi connectivity index (χ4n) is 0.422. The van der Waals surface area contributed by atoms with Crippen molar-refractivity contribution >= 4 is 12.4 Å². The van der Waals surface area contributed by atoms with Crippen LogP contribution in [-0.4, -0.2) is 22.9 Å². The topological polar surface area (TPSA) is 46.2 Å². The lowest BCUT2D eigenvalue weighted by Crippen LogP contribution is -2.52. The summed E-state index contributed by atoms with van der Waals surface area (Å²) in [5.74, 6) is 0. The maximum absolute atomic E-state index is 11.6. The van der Waals surface area contributed by atoms with Crippen LogP contribution < -0.4 is 5.73 Å². The quantitative estimate of drug-likeness (QED) is 0.655. The third-order valence-electron chi connectivity index (χ3n) is 1.01. The van der Waals surface area contributed by atoms with Crippen molar-refractivity contribution in [1.82, 2.24) is 0 Å². The molecule has 0 aliphatic carbocycles. The molecule has 2 nitrogen and oxygen atoms in total. The molecule has 0 fully saturated rings. The fraction of sp³-hybridized carbons (Fsp3) is 1.00. The van der Waals surface area contributed by atoms with E-state index in [0.29, 0.717) is 0 Å². The first kappa shape index (κ1) is 13.6. The number of hydrogen-bond acceptors (Lipinski definition) is 2. The highest BCUT2D eigenvalue weighted by Crippen LogP contribution is 2.25. The van der Waals surface area contributed by atoms with E-state index in [0.717, 1.165) is 13.8 Å². The van der Waals surface area contributed by atoms with Crippen LogP contribution in [0.4, 0.5) is 13.2 Å². The Hall–Kier alpha value is -0.0000000000000000555. The van der Waals surface area contributed by atoms with Gasteiger partial charge in [0.05, 0.1) is 0 Å².